The van der Waals surface area contributed by atoms with E-state index in [2.05, 4.69) is 16.6 Å². The second-order valence-corrected chi connectivity index (χ2v) is 3.70. The Bertz CT molecular complexity index is 423. The van der Waals surface area contributed by atoms with Gasteiger partial charge in [-0.15, -0.1) is 6.42 Å². The molecule has 18 heavy (non-hydrogen) atoms. The molecule has 5 nitrogen and oxygen atoms in total. The van der Waals surface area contributed by atoms with Crippen LogP contribution in [0.4, 0.5) is 10.5 Å². The zero-order valence-electron chi connectivity index (χ0n) is 10.1. The number of rotatable bonds is 5. The van der Waals surface area contributed by atoms with E-state index in [1.165, 1.54) is 0 Å². The standard InChI is InChI=1S/C13H16N2O3/c1-3-8-18-12-6-4-11(5-7-12)15-13(17)14-10(2)9-16/h1,4-7,10,16H,8-9H2,2H3,(H2,14,15,17). The summed E-state index contributed by atoms with van der Waals surface area (Å²) in [5, 5.41) is 14.0. The van der Waals surface area contributed by atoms with Crippen LogP contribution in [0.25, 0.3) is 0 Å². The van der Waals surface area contributed by atoms with Crippen LogP contribution >= 0.6 is 0 Å². The largest absolute Gasteiger partial charge is 0.481 e. The van der Waals surface area contributed by atoms with E-state index in [-0.39, 0.29) is 25.3 Å². The molecule has 1 atom stereocenters. The molecule has 0 aliphatic rings. The van der Waals surface area contributed by atoms with Gasteiger partial charge in [0.05, 0.1) is 12.6 Å². The van der Waals surface area contributed by atoms with Crippen molar-refractivity contribution in [2.45, 2.75) is 13.0 Å². The predicted octanol–water partition coefficient (Wildman–Crippen LogP) is 1.20. The molecule has 2 amide bonds. The predicted molar refractivity (Wildman–Crippen MR) is 69.5 cm³/mol. The topological polar surface area (TPSA) is 70.6 Å². The van der Waals surface area contributed by atoms with Gasteiger partial charge in [0.15, 0.2) is 0 Å². The highest BCUT2D eigenvalue weighted by molar-refractivity contribution is 5.89. The highest BCUT2D eigenvalue weighted by Gasteiger charge is 2.05. The van der Waals surface area contributed by atoms with Crippen molar-refractivity contribution in [2.75, 3.05) is 18.5 Å². The molecule has 0 radical (unpaired) electrons. The van der Waals surface area contributed by atoms with Gasteiger partial charge in [-0.2, -0.15) is 0 Å². The normalized spacial score (nSPS) is 11.2. The van der Waals surface area contributed by atoms with Gasteiger partial charge in [0.2, 0.25) is 0 Å². The molecule has 0 aliphatic carbocycles. The number of carbonyl (C=O) groups excluding carboxylic acids is 1. The van der Waals surface area contributed by atoms with Crippen molar-refractivity contribution in [1.29, 1.82) is 0 Å². The van der Waals surface area contributed by atoms with Crippen LogP contribution in [0.15, 0.2) is 24.3 Å². The van der Waals surface area contributed by atoms with E-state index in [1.807, 2.05) is 0 Å². The van der Waals surface area contributed by atoms with E-state index >= 15 is 0 Å². The summed E-state index contributed by atoms with van der Waals surface area (Å²) in [6, 6.07) is 6.17. The number of nitrogens with one attached hydrogen (secondary N) is 2. The van der Waals surface area contributed by atoms with Crippen LogP contribution in [0.2, 0.25) is 0 Å². The molecule has 1 rings (SSSR count). The second-order valence-electron chi connectivity index (χ2n) is 3.70. The minimum Gasteiger partial charge on any atom is -0.481 e. The molecule has 0 heterocycles. The Morgan fingerprint density at radius 3 is 2.72 bits per heavy atom. The lowest BCUT2D eigenvalue weighted by molar-refractivity contribution is 0.229. The third-order valence-electron chi connectivity index (χ3n) is 2.09. The fraction of sp³-hybridized carbons (Fsp3) is 0.308. The molecule has 3 N–H and O–H groups in total. The summed E-state index contributed by atoms with van der Waals surface area (Å²) >= 11 is 0. The first-order valence-electron chi connectivity index (χ1n) is 5.50. The van der Waals surface area contributed by atoms with Gasteiger partial charge in [-0.3, -0.25) is 0 Å². The Kier molecular flexibility index (Phi) is 5.55. The van der Waals surface area contributed by atoms with Crippen LogP contribution in [-0.4, -0.2) is 30.4 Å². The maximum atomic E-state index is 11.4. The smallest absolute Gasteiger partial charge is 0.319 e. The number of benzene rings is 1. The SMILES string of the molecule is C#CCOc1ccc(NC(=O)NC(C)CO)cc1. The molecule has 0 aliphatic heterocycles. The minimum atomic E-state index is -0.367. The lowest BCUT2D eigenvalue weighted by atomic mass is 10.3. The minimum absolute atomic E-state index is 0.105. The number of aliphatic hydroxyl groups excluding tert-OH is 1. The first kappa shape index (κ1) is 13.9. The third-order valence-corrected chi connectivity index (χ3v) is 2.09. The highest BCUT2D eigenvalue weighted by atomic mass is 16.5. The average molecular weight is 248 g/mol. The van der Waals surface area contributed by atoms with Crippen LogP contribution in [0.5, 0.6) is 5.75 Å². The highest BCUT2D eigenvalue weighted by Crippen LogP contribution is 2.15. The lowest BCUT2D eigenvalue weighted by Gasteiger charge is -2.12. The summed E-state index contributed by atoms with van der Waals surface area (Å²) in [5.74, 6) is 3.01. The lowest BCUT2D eigenvalue weighted by Crippen LogP contribution is -2.38. The second kappa shape index (κ2) is 7.20. The number of carbonyl (C=O) groups is 1. The molecular formula is C13H16N2O3. The maximum absolute atomic E-state index is 11.4. The third kappa shape index (κ3) is 4.76. The molecule has 0 saturated carbocycles. The van der Waals surface area contributed by atoms with Crippen LogP contribution in [0.3, 0.4) is 0 Å². The quantitative estimate of drug-likeness (QED) is 0.686. The summed E-state index contributed by atoms with van der Waals surface area (Å²) < 4.78 is 5.20. The molecule has 0 aromatic heterocycles. The van der Waals surface area contributed by atoms with Gasteiger partial charge in [0.25, 0.3) is 0 Å². The summed E-state index contributed by atoms with van der Waals surface area (Å²) in [6.07, 6.45) is 5.07. The number of urea groups is 1. The van der Waals surface area contributed by atoms with E-state index in [0.29, 0.717) is 11.4 Å². The summed E-state index contributed by atoms with van der Waals surface area (Å²) in [7, 11) is 0. The van der Waals surface area contributed by atoms with E-state index in [1.54, 1.807) is 31.2 Å². The Labute approximate surface area is 106 Å². The molecule has 1 aromatic rings. The first-order valence-corrected chi connectivity index (χ1v) is 5.50. The van der Waals surface area contributed by atoms with Crippen LogP contribution in [0, 0.1) is 12.3 Å². The van der Waals surface area contributed by atoms with Crippen LogP contribution in [-0.2, 0) is 0 Å². The van der Waals surface area contributed by atoms with E-state index in [0.717, 1.165) is 0 Å². The van der Waals surface area contributed by atoms with Crippen LogP contribution in [0.1, 0.15) is 6.92 Å². The number of terminal acetylenes is 1. The summed E-state index contributed by atoms with van der Waals surface area (Å²) in [6.45, 7) is 1.81. The fourth-order valence-electron chi connectivity index (χ4n) is 1.20. The zero-order valence-corrected chi connectivity index (χ0v) is 10.1. The van der Waals surface area contributed by atoms with Gasteiger partial charge in [-0.25, -0.2) is 4.79 Å². The molecule has 1 aromatic carbocycles. The Balaban J connectivity index is 2.48. The van der Waals surface area contributed by atoms with E-state index in [9.17, 15) is 4.79 Å². The number of anilines is 1. The van der Waals surface area contributed by atoms with Crippen molar-refractivity contribution in [2.24, 2.45) is 0 Å². The van der Waals surface area contributed by atoms with Crippen molar-refractivity contribution in [3.8, 4) is 18.1 Å². The van der Waals surface area contributed by atoms with E-state index in [4.69, 9.17) is 16.3 Å². The molecule has 0 fully saturated rings. The number of hydrogen-bond acceptors (Lipinski definition) is 3. The van der Waals surface area contributed by atoms with Crippen molar-refractivity contribution < 1.29 is 14.6 Å². The van der Waals surface area contributed by atoms with Gasteiger partial charge in [0.1, 0.15) is 12.4 Å². The van der Waals surface area contributed by atoms with Gasteiger partial charge in [-0.05, 0) is 31.2 Å². The van der Waals surface area contributed by atoms with Gasteiger partial charge >= 0.3 is 6.03 Å². The number of amides is 2. The zero-order chi connectivity index (χ0) is 13.4. The molecule has 0 bridgehead atoms. The van der Waals surface area contributed by atoms with Gasteiger partial charge in [0, 0.05) is 5.69 Å². The summed E-state index contributed by atoms with van der Waals surface area (Å²) in [4.78, 5) is 11.4. The maximum Gasteiger partial charge on any atom is 0.319 e. The monoisotopic (exact) mass is 248 g/mol. The molecule has 0 spiro atoms. The molecule has 1 unspecified atom stereocenters. The van der Waals surface area contributed by atoms with Crippen molar-refractivity contribution in [1.82, 2.24) is 5.32 Å². The van der Waals surface area contributed by atoms with Gasteiger partial charge < -0.3 is 20.5 Å². The Hall–Kier alpha value is -2.19. The summed E-state index contributed by atoms with van der Waals surface area (Å²) in [5.41, 5.74) is 0.630. The molecule has 0 saturated heterocycles. The first-order chi connectivity index (χ1) is 8.65. The molecular weight excluding hydrogens is 232 g/mol. The van der Waals surface area contributed by atoms with Crippen molar-refractivity contribution >= 4 is 11.7 Å². The Morgan fingerprint density at radius 2 is 2.17 bits per heavy atom. The van der Waals surface area contributed by atoms with Crippen molar-refractivity contribution in [3.63, 3.8) is 0 Å². The molecule has 96 valence electrons. The molecule has 5 heteroatoms. The number of aliphatic hydroxyl groups is 1. The van der Waals surface area contributed by atoms with Crippen molar-refractivity contribution in [3.05, 3.63) is 24.3 Å². The van der Waals surface area contributed by atoms with Gasteiger partial charge in [-0.1, -0.05) is 5.92 Å². The fourth-order valence-corrected chi connectivity index (χ4v) is 1.20. The van der Waals surface area contributed by atoms with E-state index < -0.39 is 0 Å². The average Bonchev–Trinajstić information content (AvgIpc) is 2.37. The number of hydrogen-bond donors (Lipinski definition) is 3. The Morgan fingerprint density at radius 1 is 1.50 bits per heavy atom. The van der Waals surface area contributed by atoms with Crippen LogP contribution < -0.4 is 15.4 Å². The number of ether oxygens (including phenoxy) is 1.